The zero-order valence-electron chi connectivity index (χ0n) is 10.8. The van der Waals surface area contributed by atoms with E-state index in [-0.39, 0.29) is 0 Å². The summed E-state index contributed by atoms with van der Waals surface area (Å²) in [4.78, 5) is 0. The van der Waals surface area contributed by atoms with E-state index < -0.39 is 0 Å². The van der Waals surface area contributed by atoms with E-state index in [0.717, 1.165) is 30.8 Å². The Balaban J connectivity index is 1.87. The van der Waals surface area contributed by atoms with Crippen molar-refractivity contribution >= 4 is 0 Å². The molecule has 92 valence electrons. The highest BCUT2D eigenvalue weighted by atomic mass is 16.5. The molecule has 2 heteroatoms. The second kappa shape index (κ2) is 3.94. The molecule has 0 saturated carbocycles. The molecule has 0 aliphatic carbocycles. The van der Waals surface area contributed by atoms with E-state index in [4.69, 9.17) is 9.47 Å². The largest absolute Gasteiger partial charge is 0.490 e. The van der Waals surface area contributed by atoms with Crippen LogP contribution in [0.5, 0.6) is 11.5 Å². The molecular formula is C15H20O2. The number of benzene rings is 1. The van der Waals surface area contributed by atoms with Gasteiger partial charge in [0.15, 0.2) is 0 Å². The molecule has 2 atom stereocenters. The number of fused-ring (bicyclic) bond motifs is 2. The highest BCUT2D eigenvalue weighted by Crippen LogP contribution is 2.40. The average molecular weight is 232 g/mol. The fraction of sp³-hybridized carbons (Fsp3) is 0.600. The zero-order chi connectivity index (χ0) is 12.0. The van der Waals surface area contributed by atoms with Gasteiger partial charge in [-0.2, -0.15) is 0 Å². The van der Waals surface area contributed by atoms with E-state index in [9.17, 15) is 0 Å². The fourth-order valence-corrected chi connectivity index (χ4v) is 2.67. The molecule has 3 rings (SSSR count). The summed E-state index contributed by atoms with van der Waals surface area (Å²) >= 11 is 0. The fourth-order valence-electron chi connectivity index (χ4n) is 2.67. The average Bonchev–Trinajstić information content (AvgIpc) is 2.87. The summed E-state index contributed by atoms with van der Waals surface area (Å²) in [7, 11) is 0. The minimum Gasteiger partial charge on any atom is -0.490 e. The first-order chi connectivity index (χ1) is 8.17. The Morgan fingerprint density at radius 3 is 2.41 bits per heavy atom. The lowest BCUT2D eigenvalue weighted by Crippen LogP contribution is -2.19. The molecule has 0 spiro atoms. The van der Waals surface area contributed by atoms with E-state index in [1.165, 1.54) is 11.1 Å². The van der Waals surface area contributed by atoms with Gasteiger partial charge in [-0.15, -0.1) is 0 Å². The third-order valence-electron chi connectivity index (χ3n) is 3.88. The van der Waals surface area contributed by atoms with Gasteiger partial charge in [-0.1, -0.05) is 20.8 Å². The Morgan fingerprint density at radius 1 is 1.12 bits per heavy atom. The summed E-state index contributed by atoms with van der Waals surface area (Å²) in [6.45, 7) is 6.61. The molecule has 1 aromatic rings. The van der Waals surface area contributed by atoms with Gasteiger partial charge in [-0.05, 0) is 24.5 Å². The molecule has 2 unspecified atom stereocenters. The molecular weight excluding hydrogens is 212 g/mol. The predicted octanol–water partition coefficient (Wildman–Crippen LogP) is 3.36. The number of ether oxygens (including phenoxy) is 2. The van der Waals surface area contributed by atoms with Gasteiger partial charge in [-0.3, -0.25) is 0 Å². The normalized spacial score (nSPS) is 25.4. The first-order valence-corrected chi connectivity index (χ1v) is 6.66. The van der Waals surface area contributed by atoms with Crippen molar-refractivity contribution in [2.24, 2.45) is 5.92 Å². The van der Waals surface area contributed by atoms with Crippen LogP contribution in [0.1, 0.15) is 38.3 Å². The first-order valence-electron chi connectivity index (χ1n) is 6.66. The van der Waals surface area contributed by atoms with Crippen molar-refractivity contribution in [3.8, 4) is 11.5 Å². The highest BCUT2D eigenvalue weighted by molar-refractivity contribution is 5.50. The van der Waals surface area contributed by atoms with Crippen molar-refractivity contribution in [3.63, 3.8) is 0 Å². The van der Waals surface area contributed by atoms with Crippen molar-refractivity contribution in [3.05, 3.63) is 23.3 Å². The van der Waals surface area contributed by atoms with E-state index in [0.29, 0.717) is 18.1 Å². The van der Waals surface area contributed by atoms with E-state index in [2.05, 4.69) is 32.9 Å². The summed E-state index contributed by atoms with van der Waals surface area (Å²) in [5.41, 5.74) is 2.64. The molecule has 2 aliphatic heterocycles. The van der Waals surface area contributed by atoms with Gasteiger partial charge < -0.3 is 9.47 Å². The third-order valence-corrected chi connectivity index (χ3v) is 3.88. The second-order valence-corrected chi connectivity index (χ2v) is 5.52. The van der Waals surface area contributed by atoms with Gasteiger partial charge in [-0.25, -0.2) is 0 Å². The van der Waals surface area contributed by atoms with Gasteiger partial charge in [0, 0.05) is 24.0 Å². The van der Waals surface area contributed by atoms with E-state index in [1.807, 2.05) is 0 Å². The molecule has 0 aromatic heterocycles. The molecule has 0 fully saturated rings. The van der Waals surface area contributed by atoms with Crippen LogP contribution in [0.15, 0.2) is 12.1 Å². The molecule has 0 radical (unpaired) electrons. The molecule has 1 aromatic carbocycles. The third kappa shape index (κ3) is 1.80. The van der Waals surface area contributed by atoms with Gasteiger partial charge in [0.1, 0.15) is 23.7 Å². The monoisotopic (exact) mass is 232 g/mol. The lowest BCUT2D eigenvalue weighted by Gasteiger charge is -2.13. The Labute approximate surface area is 103 Å². The minimum absolute atomic E-state index is 0.342. The quantitative estimate of drug-likeness (QED) is 0.778. The van der Waals surface area contributed by atoms with Crippen LogP contribution >= 0.6 is 0 Å². The van der Waals surface area contributed by atoms with Crippen LogP contribution in [-0.2, 0) is 12.8 Å². The molecule has 0 saturated heterocycles. The molecule has 2 nitrogen and oxygen atoms in total. The van der Waals surface area contributed by atoms with Crippen molar-refractivity contribution in [1.29, 1.82) is 0 Å². The minimum atomic E-state index is 0.342. The summed E-state index contributed by atoms with van der Waals surface area (Å²) in [6.07, 6.45) is 3.85. The Hall–Kier alpha value is -1.18. The Bertz CT molecular complexity index is 402. The molecule has 0 N–H and O–H groups in total. The van der Waals surface area contributed by atoms with Crippen molar-refractivity contribution in [2.45, 2.75) is 52.2 Å². The maximum atomic E-state index is 6.01. The maximum Gasteiger partial charge on any atom is 0.123 e. The molecule has 0 amide bonds. The number of rotatable bonds is 2. The van der Waals surface area contributed by atoms with Crippen LogP contribution in [0.4, 0.5) is 0 Å². The lowest BCUT2D eigenvalue weighted by atomic mass is 10.00. The number of hydrogen-bond donors (Lipinski definition) is 0. The summed E-state index contributed by atoms with van der Waals surface area (Å²) in [6, 6.07) is 4.39. The van der Waals surface area contributed by atoms with Gasteiger partial charge in [0.05, 0.1) is 0 Å². The Kier molecular flexibility index (Phi) is 2.53. The molecule has 0 bridgehead atoms. The van der Waals surface area contributed by atoms with Crippen LogP contribution < -0.4 is 9.47 Å². The van der Waals surface area contributed by atoms with Crippen LogP contribution in [-0.4, -0.2) is 12.2 Å². The standard InChI is InChI=1S/C15H20O2/c1-4-12-5-10-7-15-11(8-14(10)16-12)6-13(17-15)9(2)3/h7-9,12-13H,4-6H2,1-3H3. The van der Waals surface area contributed by atoms with E-state index >= 15 is 0 Å². The van der Waals surface area contributed by atoms with Gasteiger partial charge in [0.25, 0.3) is 0 Å². The molecule has 17 heavy (non-hydrogen) atoms. The van der Waals surface area contributed by atoms with E-state index in [1.54, 1.807) is 0 Å². The molecule has 2 heterocycles. The summed E-state index contributed by atoms with van der Waals surface area (Å²) in [5.74, 6) is 2.74. The second-order valence-electron chi connectivity index (χ2n) is 5.52. The van der Waals surface area contributed by atoms with Gasteiger partial charge in [0.2, 0.25) is 0 Å². The SMILES string of the molecule is CCC1Cc2cc3c(cc2O1)CC(C(C)C)O3. The molecule has 2 aliphatic rings. The Morgan fingerprint density at radius 2 is 1.76 bits per heavy atom. The van der Waals surface area contributed by atoms with Crippen LogP contribution in [0.2, 0.25) is 0 Å². The van der Waals surface area contributed by atoms with Crippen molar-refractivity contribution in [2.75, 3.05) is 0 Å². The lowest BCUT2D eigenvalue weighted by molar-refractivity contribution is 0.178. The summed E-state index contributed by atoms with van der Waals surface area (Å²) in [5, 5.41) is 0. The first kappa shape index (κ1) is 10.9. The maximum absolute atomic E-state index is 6.01. The number of hydrogen-bond acceptors (Lipinski definition) is 2. The predicted molar refractivity (Wildman–Crippen MR) is 67.8 cm³/mol. The highest BCUT2D eigenvalue weighted by Gasteiger charge is 2.30. The van der Waals surface area contributed by atoms with Crippen LogP contribution in [0, 0.1) is 5.92 Å². The smallest absolute Gasteiger partial charge is 0.123 e. The summed E-state index contributed by atoms with van der Waals surface area (Å²) < 4.78 is 11.9. The van der Waals surface area contributed by atoms with Gasteiger partial charge >= 0.3 is 0 Å². The van der Waals surface area contributed by atoms with Crippen molar-refractivity contribution < 1.29 is 9.47 Å². The zero-order valence-corrected chi connectivity index (χ0v) is 10.8. The van der Waals surface area contributed by atoms with Crippen LogP contribution in [0.3, 0.4) is 0 Å². The van der Waals surface area contributed by atoms with Crippen molar-refractivity contribution in [1.82, 2.24) is 0 Å². The topological polar surface area (TPSA) is 18.5 Å². The van der Waals surface area contributed by atoms with Crippen LogP contribution in [0.25, 0.3) is 0 Å².